The number of benzene rings is 1. The van der Waals surface area contributed by atoms with Crippen LogP contribution in [0.1, 0.15) is 18.9 Å². The van der Waals surface area contributed by atoms with E-state index in [2.05, 4.69) is 5.32 Å². The van der Waals surface area contributed by atoms with Gasteiger partial charge in [-0.1, -0.05) is 6.07 Å². The first-order valence-corrected chi connectivity index (χ1v) is 7.01. The molecular weight excluding hydrogens is 291 g/mol. The van der Waals surface area contributed by atoms with E-state index in [1.54, 1.807) is 31.0 Å². The standard InChI is InChI=1S/C15H21FN2O4/c1-3-22-15(21)6-7-18(2)13-8-11(4-5-12(13)16)9-17-10-14(19)20/h4-5,8,17H,3,6-7,9-10H2,1-2H3,(H,19,20). The van der Waals surface area contributed by atoms with E-state index in [4.69, 9.17) is 9.84 Å². The van der Waals surface area contributed by atoms with E-state index in [-0.39, 0.29) is 18.9 Å². The number of halogens is 1. The number of carboxylic acids is 1. The number of anilines is 1. The molecule has 0 spiro atoms. The number of carboxylic acid groups (broad SMARTS) is 1. The lowest BCUT2D eigenvalue weighted by atomic mass is 10.1. The number of esters is 1. The molecule has 22 heavy (non-hydrogen) atoms. The maximum Gasteiger partial charge on any atom is 0.317 e. The number of nitrogens with zero attached hydrogens (tertiary/aromatic N) is 1. The lowest BCUT2D eigenvalue weighted by molar-refractivity contribution is -0.143. The lowest BCUT2D eigenvalue weighted by Gasteiger charge is -2.20. The molecule has 7 heteroatoms. The molecule has 0 aliphatic heterocycles. The van der Waals surface area contributed by atoms with Crippen LogP contribution in [0.3, 0.4) is 0 Å². The number of nitrogens with one attached hydrogen (secondary N) is 1. The fourth-order valence-electron chi connectivity index (χ4n) is 1.89. The normalized spacial score (nSPS) is 10.3. The van der Waals surface area contributed by atoms with E-state index in [9.17, 15) is 14.0 Å². The van der Waals surface area contributed by atoms with Gasteiger partial charge in [0.05, 0.1) is 25.3 Å². The molecule has 122 valence electrons. The van der Waals surface area contributed by atoms with Crippen LogP contribution in [0.5, 0.6) is 0 Å². The van der Waals surface area contributed by atoms with Gasteiger partial charge in [-0.2, -0.15) is 0 Å². The minimum absolute atomic E-state index is 0.161. The first-order valence-electron chi connectivity index (χ1n) is 7.01. The van der Waals surface area contributed by atoms with Crippen molar-refractivity contribution in [1.29, 1.82) is 0 Å². The predicted molar refractivity (Wildman–Crippen MR) is 80.3 cm³/mol. The maximum atomic E-state index is 13.9. The van der Waals surface area contributed by atoms with Gasteiger partial charge in [0.25, 0.3) is 0 Å². The minimum Gasteiger partial charge on any atom is -0.480 e. The fourth-order valence-corrected chi connectivity index (χ4v) is 1.89. The Kier molecular flexibility index (Phi) is 7.31. The summed E-state index contributed by atoms with van der Waals surface area (Å²) in [5.74, 6) is -1.67. The van der Waals surface area contributed by atoms with Gasteiger partial charge in [0.1, 0.15) is 5.82 Å². The lowest BCUT2D eigenvalue weighted by Crippen LogP contribution is -2.24. The molecule has 0 saturated heterocycles. The fraction of sp³-hybridized carbons (Fsp3) is 0.467. The predicted octanol–water partition coefficient (Wildman–Crippen LogP) is 1.39. The van der Waals surface area contributed by atoms with Crippen molar-refractivity contribution in [3.8, 4) is 0 Å². The largest absolute Gasteiger partial charge is 0.480 e. The quantitative estimate of drug-likeness (QED) is 0.671. The molecule has 0 radical (unpaired) electrons. The topological polar surface area (TPSA) is 78.9 Å². The Bertz CT molecular complexity index is 522. The van der Waals surface area contributed by atoms with Gasteiger partial charge in [0, 0.05) is 20.1 Å². The van der Waals surface area contributed by atoms with E-state index >= 15 is 0 Å². The summed E-state index contributed by atoms with van der Waals surface area (Å²) >= 11 is 0. The van der Waals surface area contributed by atoms with Crippen LogP contribution in [0.2, 0.25) is 0 Å². The highest BCUT2D eigenvalue weighted by Gasteiger charge is 2.11. The molecule has 2 N–H and O–H groups in total. The van der Waals surface area contributed by atoms with Crippen molar-refractivity contribution in [1.82, 2.24) is 5.32 Å². The van der Waals surface area contributed by atoms with Crippen molar-refractivity contribution >= 4 is 17.6 Å². The van der Waals surface area contributed by atoms with Crippen molar-refractivity contribution in [2.45, 2.75) is 19.9 Å². The number of hydrogen-bond acceptors (Lipinski definition) is 5. The highest BCUT2D eigenvalue weighted by molar-refractivity contribution is 5.70. The molecule has 1 aromatic rings. The summed E-state index contributed by atoms with van der Waals surface area (Å²) in [4.78, 5) is 23.4. The second-order valence-electron chi connectivity index (χ2n) is 4.76. The first-order chi connectivity index (χ1) is 10.4. The Hall–Kier alpha value is -2.15. The number of ether oxygens (including phenoxy) is 1. The number of carbonyl (C=O) groups excluding carboxylic acids is 1. The Morgan fingerprint density at radius 1 is 1.41 bits per heavy atom. The average molecular weight is 312 g/mol. The van der Waals surface area contributed by atoms with E-state index < -0.39 is 11.8 Å². The van der Waals surface area contributed by atoms with Gasteiger partial charge in [-0.3, -0.25) is 9.59 Å². The third-order valence-electron chi connectivity index (χ3n) is 2.98. The van der Waals surface area contributed by atoms with Gasteiger partial charge in [-0.15, -0.1) is 0 Å². The Labute approximate surface area is 128 Å². The summed E-state index contributed by atoms with van der Waals surface area (Å²) in [5.41, 5.74) is 1.12. The number of carbonyl (C=O) groups is 2. The molecule has 0 aliphatic rings. The van der Waals surface area contributed by atoms with Crippen LogP contribution in [0.4, 0.5) is 10.1 Å². The molecule has 0 aromatic heterocycles. The Morgan fingerprint density at radius 3 is 2.77 bits per heavy atom. The minimum atomic E-state index is -0.950. The highest BCUT2D eigenvalue weighted by Crippen LogP contribution is 2.20. The van der Waals surface area contributed by atoms with E-state index in [0.29, 0.717) is 25.4 Å². The van der Waals surface area contributed by atoms with Gasteiger partial charge in [-0.05, 0) is 24.6 Å². The van der Waals surface area contributed by atoms with Gasteiger partial charge < -0.3 is 20.1 Å². The summed E-state index contributed by atoms with van der Waals surface area (Å²) in [6.07, 6.45) is 0.172. The van der Waals surface area contributed by atoms with Gasteiger partial charge in [0.2, 0.25) is 0 Å². The maximum absolute atomic E-state index is 13.9. The van der Waals surface area contributed by atoms with Gasteiger partial charge in [-0.25, -0.2) is 4.39 Å². The second kappa shape index (κ2) is 8.99. The molecule has 0 heterocycles. The number of aliphatic carboxylic acids is 1. The molecule has 0 bridgehead atoms. The molecule has 0 atom stereocenters. The van der Waals surface area contributed by atoms with Gasteiger partial charge >= 0.3 is 11.9 Å². The van der Waals surface area contributed by atoms with E-state index in [0.717, 1.165) is 5.56 Å². The van der Waals surface area contributed by atoms with Gasteiger partial charge in [0.15, 0.2) is 0 Å². The molecule has 0 aliphatic carbocycles. The number of hydrogen-bond donors (Lipinski definition) is 2. The molecule has 0 saturated carbocycles. The highest BCUT2D eigenvalue weighted by atomic mass is 19.1. The molecule has 0 unspecified atom stereocenters. The summed E-state index contributed by atoms with van der Waals surface area (Å²) in [5, 5.41) is 11.3. The van der Waals surface area contributed by atoms with Crippen molar-refractivity contribution in [3.05, 3.63) is 29.6 Å². The SMILES string of the molecule is CCOC(=O)CCN(C)c1cc(CNCC(=O)O)ccc1F. The smallest absolute Gasteiger partial charge is 0.317 e. The van der Waals surface area contributed by atoms with Crippen molar-refractivity contribution in [2.75, 3.05) is 31.6 Å². The van der Waals surface area contributed by atoms with Crippen LogP contribution in [0.25, 0.3) is 0 Å². The van der Waals surface area contributed by atoms with Crippen LogP contribution in [0.15, 0.2) is 18.2 Å². The Balaban J connectivity index is 2.63. The van der Waals surface area contributed by atoms with Crippen LogP contribution in [-0.2, 0) is 20.9 Å². The third kappa shape index (κ3) is 6.09. The summed E-state index contributed by atoms with van der Waals surface area (Å²) in [6.45, 7) is 2.55. The summed E-state index contributed by atoms with van der Waals surface area (Å²) in [6, 6.07) is 4.55. The molecular formula is C15H21FN2O4. The van der Waals surface area contributed by atoms with Crippen molar-refractivity contribution in [2.24, 2.45) is 0 Å². The van der Waals surface area contributed by atoms with Crippen LogP contribution < -0.4 is 10.2 Å². The molecule has 6 nitrogen and oxygen atoms in total. The summed E-state index contributed by atoms with van der Waals surface area (Å²) < 4.78 is 18.7. The zero-order valence-corrected chi connectivity index (χ0v) is 12.8. The zero-order chi connectivity index (χ0) is 16.5. The second-order valence-corrected chi connectivity index (χ2v) is 4.76. The molecule has 0 amide bonds. The molecule has 1 aromatic carbocycles. The van der Waals surface area contributed by atoms with Crippen LogP contribution in [0, 0.1) is 5.82 Å². The van der Waals surface area contributed by atoms with E-state index in [1.807, 2.05) is 0 Å². The molecule has 1 rings (SSSR count). The van der Waals surface area contributed by atoms with Crippen molar-refractivity contribution in [3.63, 3.8) is 0 Å². The van der Waals surface area contributed by atoms with Crippen molar-refractivity contribution < 1.29 is 23.8 Å². The summed E-state index contributed by atoms with van der Waals surface area (Å²) in [7, 11) is 1.69. The van der Waals surface area contributed by atoms with E-state index in [1.165, 1.54) is 6.07 Å². The zero-order valence-electron chi connectivity index (χ0n) is 12.8. The molecule has 0 fully saturated rings. The Morgan fingerprint density at radius 2 is 2.14 bits per heavy atom. The third-order valence-corrected chi connectivity index (χ3v) is 2.98. The van der Waals surface area contributed by atoms with Crippen LogP contribution >= 0.6 is 0 Å². The average Bonchev–Trinajstić information content (AvgIpc) is 2.46. The van der Waals surface area contributed by atoms with Crippen LogP contribution in [-0.4, -0.2) is 43.8 Å². The first kappa shape index (κ1) is 17.9. The monoisotopic (exact) mass is 312 g/mol. The number of rotatable bonds is 9.